The predicted octanol–water partition coefficient (Wildman–Crippen LogP) is 5.62. The Morgan fingerprint density at radius 1 is 1.05 bits per heavy atom. The highest BCUT2D eigenvalue weighted by Crippen LogP contribution is 2.39. The molecule has 0 spiro atoms. The number of phenolic OH excluding ortho intramolecular Hbond substituents is 1. The molecular weight excluding hydrogens is 482 g/mol. The smallest absolute Gasteiger partial charge is 0.408 e. The zero-order chi connectivity index (χ0) is 28.2. The lowest BCUT2D eigenvalue weighted by Gasteiger charge is -2.36. The lowest BCUT2D eigenvalue weighted by molar-refractivity contribution is -0.142. The molecule has 0 aromatic heterocycles. The van der Waals surface area contributed by atoms with Gasteiger partial charge in [-0.3, -0.25) is 9.59 Å². The van der Waals surface area contributed by atoms with E-state index < -0.39 is 29.7 Å². The summed E-state index contributed by atoms with van der Waals surface area (Å²) in [4.78, 5) is 42.5. The molecule has 3 rings (SSSR count). The maximum absolute atomic E-state index is 14.2. The highest BCUT2D eigenvalue weighted by Gasteiger charge is 2.45. The minimum absolute atomic E-state index is 0.0761. The average molecular weight is 524 g/mol. The normalized spacial score (nSPS) is 15.7. The number of carbonyl (C=O) groups is 3. The molecule has 2 aromatic carbocycles. The Balaban J connectivity index is 2.04. The van der Waals surface area contributed by atoms with Crippen LogP contribution in [0.3, 0.4) is 0 Å². The van der Waals surface area contributed by atoms with Crippen LogP contribution < -0.4 is 10.6 Å². The molecule has 0 saturated heterocycles. The summed E-state index contributed by atoms with van der Waals surface area (Å²) in [6.07, 6.45) is 1.39. The highest BCUT2D eigenvalue weighted by molar-refractivity contribution is 6.00. The number of para-hydroxylation sites is 2. The number of aryl methyl sites for hydroxylation is 2. The molecule has 3 unspecified atom stereocenters. The summed E-state index contributed by atoms with van der Waals surface area (Å²) in [5, 5.41) is 16.6. The molecular formula is C30H41N3O5. The first kappa shape index (κ1) is 29.0. The van der Waals surface area contributed by atoms with E-state index in [1.54, 1.807) is 43.9 Å². The Bertz CT molecular complexity index is 1150. The Labute approximate surface area is 225 Å². The number of nitrogens with zero attached hydrogens (tertiary/aromatic N) is 1. The van der Waals surface area contributed by atoms with E-state index in [0.29, 0.717) is 17.7 Å². The number of ether oxygens (including phenoxy) is 1. The molecule has 38 heavy (non-hydrogen) atoms. The van der Waals surface area contributed by atoms with Crippen LogP contribution in [0.25, 0.3) is 0 Å². The van der Waals surface area contributed by atoms with E-state index in [1.807, 2.05) is 45.9 Å². The number of alkyl carbamates (subject to hydrolysis) is 1. The van der Waals surface area contributed by atoms with Crippen molar-refractivity contribution < 1.29 is 24.2 Å². The molecule has 206 valence electrons. The summed E-state index contributed by atoms with van der Waals surface area (Å²) in [5.74, 6) is -1.10. The number of phenols is 1. The maximum atomic E-state index is 14.2. The fourth-order valence-electron chi connectivity index (χ4n) is 4.49. The van der Waals surface area contributed by atoms with Gasteiger partial charge in [0.25, 0.3) is 5.91 Å². The van der Waals surface area contributed by atoms with Gasteiger partial charge < -0.3 is 25.4 Å². The van der Waals surface area contributed by atoms with Crippen molar-refractivity contribution in [2.75, 3.05) is 5.32 Å². The molecule has 1 aliphatic rings. The van der Waals surface area contributed by atoms with Gasteiger partial charge in [0, 0.05) is 17.3 Å². The second-order valence-electron chi connectivity index (χ2n) is 11.2. The van der Waals surface area contributed by atoms with Crippen LogP contribution in [0.4, 0.5) is 10.5 Å². The number of aromatic hydroxyl groups is 1. The number of amides is 3. The van der Waals surface area contributed by atoms with E-state index in [1.165, 1.54) is 6.07 Å². The summed E-state index contributed by atoms with van der Waals surface area (Å²) >= 11 is 0. The number of nitrogens with one attached hydrogen (secondary N) is 2. The minimum atomic E-state index is -1.10. The van der Waals surface area contributed by atoms with E-state index in [4.69, 9.17) is 4.74 Å². The third-order valence-electron chi connectivity index (χ3n) is 6.83. The SMILES string of the molecule is CCC(C)C(NC(=O)OC(C)(C)C)C(=O)N(C1CC1)C(C(=O)Nc1c(C)cccc1C)c1ccccc1O. The largest absolute Gasteiger partial charge is 0.508 e. The molecule has 0 bridgehead atoms. The van der Waals surface area contributed by atoms with E-state index in [-0.39, 0.29) is 23.6 Å². The fraction of sp³-hybridized carbons (Fsp3) is 0.500. The number of benzene rings is 2. The topological polar surface area (TPSA) is 108 Å². The monoisotopic (exact) mass is 523 g/mol. The van der Waals surface area contributed by atoms with E-state index >= 15 is 0 Å². The third-order valence-corrected chi connectivity index (χ3v) is 6.83. The number of hydrogen-bond acceptors (Lipinski definition) is 5. The van der Waals surface area contributed by atoms with Crippen molar-refractivity contribution in [3.8, 4) is 5.75 Å². The summed E-state index contributed by atoms with van der Waals surface area (Å²) < 4.78 is 5.45. The zero-order valence-corrected chi connectivity index (χ0v) is 23.5. The van der Waals surface area contributed by atoms with Crippen LogP contribution in [0.2, 0.25) is 0 Å². The molecule has 8 nitrogen and oxygen atoms in total. The lowest BCUT2D eigenvalue weighted by atomic mass is 9.95. The van der Waals surface area contributed by atoms with Gasteiger partial charge in [-0.1, -0.05) is 56.7 Å². The maximum Gasteiger partial charge on any atom is 0.408 e. The molecule has 3 N–H and O–H groups in total. The van der Waals surface area contributed by atoms with Crippen molar-refractivity contribution in [1.82, 2.24) is 10.2 Å². The number of anilines is 1. The van der Waals surface area contributed by atoms with Crippen LogP contribution in [-0.4, -0.2) is 45.6 Å². The molecule has 1 aliphatic carbocycles. The van der Waals surface area contributed by atoms with Crippen molar-refractivity contribution in [2.24, 2.45) is 5.92 Å². The molecule has 1 fully saturated rings. The predicted molar refractivity (Wildman–Crippen MR) is 148 cm³/mol. The van der Waals surface area contributed by atoms with Crippen LogP contribution in [-0.2, 0) is 14.3 Å². The Morgan fingerprint density at radius 2 is 1.66 bits per heavy atom. The zero-order valence-electron chi connectivity index (χ0n) is 23.5. The first-order valence-corrected chi connectivity index (χ1v) is 13.3. The average Bonchev–Trinajstić information content (AvgIpc) is 3.67. The third kappa shape index (κ3) is 7.05. The quantitative estimate of drug-likeness (QED) is 0.395. The lowest BCUT2D eigenvalue weighted by Crippen LogP contribution is -2.55. The van der Waals surface area contributed by atoms with Crippen LogP contribution in [0.1, 0.15) is 76.6 Å². The number of hydrogen-bond donors (Lipinski definition) is 3. The number of rotatable bonds is 9. The van der Waals surface area contributed by atoms with Crippen LogP contribution in [0.15, 0.2) is 42.5 Å². The molecule has 3 amide bonds. The first-order valence-electron chi connectivity index (χ1n) is 13.3. The summed E-state index contributed by atoms with van der Waals surface area (Å²) in [6.45, 7) is 12.9. The van der Waals surface area contributed by atoms with Gasteiger partial charge in [-0.25, -0.2) is 4.79 Å². The Hall–Kier alpha value is -3.55. The molecule has 3 atom stereocenters. The van der Waals surface area contributed by atoms with Crippen LogP contribution in [0.5, 0.6) is 5.75 Å². The molecule has 0 aliphatic heterocycles. The second kappa shape index (κ2) is 11.9. The van der Waals surface area contributed by atoms with Gasteiger partial charge in [-0.2, -0.15) is 0 Å². The molecule has 0 heterocycles. The number of carbonyl (C=O) groups excluding carboxylic acids is 3. The highest BCUT2D eigenvalue weighted by atomic mass is 16.6. The molecule has 0 radical (unpaired) electrons. The summed E-state index contributed by atoms with van der Waals surface area (Å²) in [5.41, 5.74) is 2.06. The van der Waals surface area contributed by atoms with Crippen molar-refractivity contribution >= 4 is 23.6 Å². The minimum Gasteiger partial charge on any atom is -0.508 e. The van der Waals surface area contributed by atoms with Crippen LogP contribution in [0, 0.1) is 19.8 Å². The van der Waals surface area contributed by atoms with Gasteiger partial charge in [0.1, 0.15) is 23.4 Å². The van der Waals surface area contributed by atoms with Gasteiger partial charge in [-0.15, -0.1) is 0 Å². The van der Waals surface area contributed by atoms with Gasteiger partial charge >= 0.3 is 6.09 Å². The standard InChI is InChI=1S/C30H41N3O5/c1-8-18(2)25(32-29(37)38-30(5,6)7)28(36)33(21-16-17-21)26(22-14-9-10-15-23(22)34)27(35)31-24-19(3)12-11-13-20(24)4/h9-15,18,21,25-26,34H,8,16-17H2,1-7H3,(H,31,35)(H,32,37). The van der Waals surface area contributed by atoms with Crippen molar-refractivity contribution in [3.05, 3.63) is 59.2 Å². The Kier molecular flexibility index (Phi) is 9.07. The molecule has 8 heteroatoms. The molecule has 1 saturated carbocycles. The first-order chi connectivity index (χ1) is 17.8. The summed E-state index contributed by atoms with van der Waals surface area (Å²) in [7, 11) is 0. The van der Waals surface area contributed by atoms with Crippen molar-refractivity contribution in [3.63, 3.8) is 0 Å². The van der Waals surface area contributed by atoms with Gasteiger partial charge in [-0.05, 0) is 70.6 Å². The summed E-state index contributed by atoms with van der Waals surface area (Å²) in [6, 6.07) is 10.1. The second-order valence-corrected chi connectivity index (χ2v) is 11.2. The van der Waals surface area contributed by atoms with Gasteiger partial charge in [0.2, 0.25) is 5.91 Å². The van der Waals surface area contributed by atoms with Crippen molar-refractivity contribution in [2.45, 2.75) is 91.5 Å². The van der Waals surface area contributed by atoms with E-state index in [2.05, 4.69) is 10.6 Å². The fourth-order valence-corrected chi connectivity index (χ4v) is 4.49. The van der Waals surface area contributed by atoms with E-state index in [9.17, 15) is 19.5 Å². The van der Waals surface area contributed by atoms with E-state index in [0.717, 1.165) is 24.0 Å². The Morgan fingerprint density at radius 3 is 2.18 bits per heavy atom. The van der Waals surface area contributed by atoms with Crippen LogP contribution >= 0.6 is 0 Å². The van der Waals surface area contributed by atoms with Crippen molar-refractivity contribution in [1.29, 1.82) is 0 Å². The van der Waals surface area contributed by atoms with Gasteiger partial charge in [0.15, 0.2) is 0 Å². The molecule has 2 aromatic rings. The van der Waals surface area contributed by atoms with Gasteiger partial charge in [0.05, 0.1) is 0 Å².